The van der Waals surface area contributed by atoms with E-state index in [1.54, 1.807) is 0 Å². The van der Waals surface area contributed by atoms with Gasteiger partial charge in [-0.3, -0.25) is 4.79 Å². The largest absolute Gasteiger partial charge is 0.339 e. The monoisotopic (exact) mass is 388 g/mol. The number of carbonyl (C=O) groups is 1. The number of hydrogen-bond donors (Lipinski definition) is 0. The van der Waals surface area contributed by atoms with Crippen LogP contribution >= 0.6 is 0 Å². The quantitative estimate of drug-likeness (QED) is 0.467. The second-order valence-electron chi connectivity index (χ2n) is 8.41. The van der Waals surface area contributed by atoms with Crippen LogP contribution in [0.25, 0.3) is 27.4 Å². The lowest BCUT2D eigenvalue weighted by Gasteiger charge is -2.21. The van der Waals surface area contributed by atoms with Gasteiger partial charge in [0.2, 0.25) is 0 Å². The van der Waals surface area contributed by atoms with Crippen molar-refractivity contribution >= 4 is 33.2 Å². The Morgan fingerprint density at radius 3 is 2.45 bits per heavy atom. The molecule has 0 saturated heterocycles. The second kappa shape index (κ2) is 8.16. The molecule has 0 N–H and O–H groups in total. The van der Waals surface area contributed by atoms with E-state index < -0.39 is 0 Å². The zero-order valence-electron chi connectivity index (χ0n) is 18.1. The average Bonchev–Trinajstić information content (AvgIpc) is 3.24. The number of Topliss-reactive ketones (excluding diaryl/α,β-unsaturated/α-hetero) is 1. The Morgan fingerprint density at radius 1 is 1.03 bits per heavy atom. The summed E-state index contributed by atoms with van der Waals surface area (Å²) in [4.78, 5) is 14.9. The minimum atomic E-state index is 0.288. The van der Waals surface area contributed by atoms with Crippen molar-refractivity contribution in [1.82, 2.24) is 9.47 Å². The number of fused-ring (bicyclic) bond motifs is 5. The maximum absolute atomic E-state index is 12.4. The molecule has 0 atom stereocenters. The number of allylic oxidation sites excluding steroid dienone is 1. The highest BCUT2D eigenvalue weighted by Crippen LogP contribution is 2.38. The van der Waals surface area contributed by atoms with Crippen molar-refractivity contribution in [2.24, 2.45) is 0 Å². The Bertz CT molecular complexity index is 1080. The maximum atomic E-state index is 12.4. The van der Waals surface area contributed by atoms with Gasteiger partial charge in [0.1, 0.15) is 0 Å². The first-order valence-electron chi connectivity index (χ1n) is 11.0. The molecule has 1 aromatic heterocycles. The lowest BCUT2D eigenvalue weighted by atomic mass is 10.00. The van der Waals surface area contributed by atoms with Gasteiger partial charge in [0, 0.05) is 46.9 Å². The van der Waals surface area contributed by atoms with Crippen LogP contribution in [0.4, 0.5) is 0 Å². The van der Waals surface area contributed by atoms with Crippen LogP contribution in [0.5, 0.6) is 0 Å². The van der Waals surface area contributed by atoms with Crippen molar-refractivity contribution in [3.05, 3.63) is 53.6 Å². The summed E-state index contributed by atoms with van der Waals surface area (Å²) < 4.78 is 2.47. The molecule has 3 aromatic rings. The molecular weight excluding hydrogens is 356 g/mol. The van der Waals surface area contributed by atoms with Gasteiger partial charge in [-0.1, -0.05) is 32.1 Å². The summed E-state index contributed by atoms with van der Waals surface area (Å²) in [5.74, 6) is 0.288. The van der Waals surface area contributed by atoms with Gasteiger partial charge >= 0.3 is 0 Å². The molecule has 0 amide bonds. The summed E-state index contributed by atoms with van der Waals surface area (Å²) in [6, 6.07) is 10.9. The molecule has 0 unspecified atom stereocenters. The first-order valence-corrected chi connectivity index (χ1v) is 11.0. The summed E-state index contributed by atoms with van der Waals surface area (Å²) >= 11 is 0. The number of aryl methyl sites for hydroxylation is 1. The van der Waals surface area contributed by atoms with Gasteiger partial charge in [-0.15, -0.1) is 0 Å². The van der Waals surface area contributed by atoms with Crippen molar-refractivity contribution < 1.29 is 4.79 Å². The molecule has 4 rings (SSSR count). The fraction of sp³-hybridized carbons (Fsp3) is 0.423. The third-order valence-electron chi connectivity index (χ3n) is 6.25. The van der Waals surface area contributed by atoms with E-state index in [4.69, 9.17) is 0 Å². The average molecular weight is 389 g/mol. The Morgan fingerprint density at radius 2 is 1.76 bits per heavy atom. The predicted molar refractivity (Wildman–Crippen MR) is 124 cm³/mol. The van der Waals surface area contributed by atoms with Crippen molar-refractivity contribution in [3.8, 4) is 0 Å². The van der Waals surface area contributed by atoms with Crippen LogP contribution < -0.4 is 0 Å². The Balaban J connectivity index is 1.87. The minimum absolute atomic E-state index is 0.288. The number of ketones is 1. The molecule has 1 heterocycles. The van der Waals surface area contributed by atoms with Gasteiger partial charge in [-0.25, -0.2) is 0 Å². The van der Waals surface area contributed by atoms with E-state index in [0.29, 0.717) is 6.42 Å². The highest BCUT2D eigenvalue weighted by molar-refractivity contribution is 6.15. The summed E-state index contributed by atoms with van der Waals surface area (Å²) in [6.07, 6.45) is 3.87. The lowest BCUT2D eigenvalue weighted by Crippen LogP contribution is -2.29. The van der Waals surface area contributed by atoms with E-state index in [0.717, 1.165) is 43.7 Å². The summed E-state index contributed by atoms with van der Waals surface area (Å²) in [7, 11) is 0. The number of benzene rings is 2. The molecular formula is C26H32N2O. The Kier molecular flexibility index (Phi) is 5.60. The molecule has 29 heavy (non-hydrogen) atoms. The molecule has 0 radical (unpaired) electrons. The van der Waals surface area contributed by atoms with Gasteiger partial charge in [0.15, 0.2) is 5.78 Å². The second-order valence-corrected chi connectivity index (χ2v) is 8.41. The third-order valence-corrected chi connectivity index (χ3v) is 6.25. The van der Waals surface area contributed by atoms with Crippen LogP contribution in [0.3, 0.4) is 0 Å². The van der Waals surface area contributed by atoms with Crippen LogP contribution in [-0.4, -0.2) is 34.9 Å². The maximum Gasteiger partial charge on any atom is 0.163 e. The zero-order valence-corrected chi connectivity index (χ0v) is 18.1. The van der Waals surface area contributed by atoms with E-state index in [1.807, 2.05) is 0 Å². The van der Waals surface area contributed by atoms with Gasteiger partial charge in [-0.2, -0.15) is 0 Å². The molecule has 0 bridgehead atoms. The van der Waals surface area contributed by atoms with Gasteiger partial charge < -0.3 is 9.47 Å². The van der Waals surface area contributed by atoms with Gasteiger partial charge in [-0.05, 0) is 74.7 Å². The standard InChI is InChI=1S/C26H32N2O/c1-5-13-27(14-6-2)15-16-28-23-10-7-19(18(3)4)17-22(23)26-21-9-12-25(29)20(21)8-11-24(26)28/h7-8,10-11,17H,3,5-6,9,12-16H2,1-2,4H3. The van der Waals surface area contributed by atoms with Crippen LogP contribution in [0.2, 0.25) is 0 Å². The lowest BCUT2D eigenvalue weighted by molar-refractivity contribution is 0.0994. The summed E-state index contributed by atoms with van der Waals surface area (Å²) in [5, 5.41) is 2.55. The van der Waals surface area contributed by atoms with Gasteiger partial charge in [0.25, 0.3) is 0 Å². The number of rotatable bonds is 8. The fourth-order valence-corrected chi connectivity index (χ4v) is 4.87. The third kappa shape index (κ3) is 3.53. The number of carbonyl (C=O) groups excluding carboxylic acids is 1. The predicted octanol–water partition coefficient (Wildman–Crippen LogP) is 6.08. The smallest absolute Gasteiger partial charge is 0.163 e. The fourth-order valence-electron chi connectivity index (χ4n) is 4.87. The molecule has 0 fully saturated rings. The van der Waals surface area contributed by atoms with Crippen LogP contribution in [0.15, 0.2) is 36.9 Å². The molecule has 1 aliphatic rings. The first kappa shape index (κ1) is 19.9. The van der Waals surface area contributed by atoms with E-state index in [1.165, 1.54) is 45.8 Å². The number of nitrogens with zero attached hydrogens (tertiary/aromatic N) is 2. The normalized spacial score (nSPS) is 13.7. The molecule has 1 aliphatic carbocycles. The number of aromatic nitrogens is 1. The molecule has 0 saturated carbocycles. The van der Waals surface area contributed by atoms with Crippen LogP contribution in [0, 0.1) is 0 Å². The SMILES string of the molecule is C=C(C)c1ccc2c(c1)c1c3c(ccc1n2CCN(CCC)CCC)C(=O)CC3. The van der Waals surface area contributed by atoms with E-state index >= 15 is 0 Å². The van der Waals surface area contributed by atoms with Crippen molar-refractivity contribution in [1.29, 1.82) is 0 Å². The van der Waals surface area contributed by atoms with Gasteiger partial charge in [0.05, 0.1) is 0 Å². The van der Waals surface area contributed by atoms with Crippen LogP contribution in [-0.2, 0) is 13.0 Å². The molecule has 0 spiro atoms. The van der Waals surface area contributed by atoms with E-state index in [-0.39, 0.29) is 5.78 Å². The van der Waals surface area contributed by atoms with E-state index in [2.05, 4.69) is 67.1 Å². The Labute approximate surface area is 174 Å². The summed E-state index contributed by atoms with van der Waals surface area (Å²) in [6.45, 7) is 15.0. The highest BCUT2D eigenvalue weighted by atomic mass is 16.1. The van der Waals surface area contributed by atoms with Crippen LogP contribution in [0.1, 0.15) is 61.5 Å². The zero-order chi connectivity index (χ0) is 20.5. The van der Waals surface area contributed by atoms with E-state index in [9.17, 15) is 4.79 Å². The Hall–Kier alpha value is -2.39. The van der Waals surface area contributed by atoms with Crippen molar-refractivity contribution in [2.45, 2.75) is 53.0 Å². The van der Waals surface area contributed by atoms with Crippen molar-refractivity contribution in [2.75, 3.05) is 19.6 Å². The highest BCUT2D eigenvalue weighted by Gasteiger charge is 2.25. The molecule has 3 nitrogen and oxygen atoms in total. The first-order chi connectivity index (χ1) is 14.0. The molecule has 0 aliphatic heterocycles. The minimum Gasteiger partial charge on any atom is -0.339 e. The summed E-state index contributed by atoms with van der Waals surface area (Å²) in [5.41, 5.74) is 6.96. The molecule has 3 heteroatoms. The number of hydrogen-bond acceptors (Lipinski definition) is 2. The molecule has 2 aromatic carbocycles. The topological polar surface area (TPSA) is 25.2 Å². The molecule has 152 valence electrons. The van der Waals surface area contributed by atoms with Crippen molar-refractivity contribution in [3.63, 3.8) is 0 Å².